The molecule has 4 bridgehead atoms. The number of alkyl halides is 3. The summed E-state index contributed by atoms with van der Waals surface area (Å²) >= 11 is 0. The maximum Gasteiger partial charge on any atom is 0.422 e. The Balaban J connectivity index is 1.30. The van der Waals surface area contributed by atoms with Gasteiger partial charge in [0.25, 0.3) is 5.91 Å². The van der Waals surface area contributed by atoms with E-state index in [0.717, 1.165) is 58.2 Å². The van der Waals surface area contributed by atoms with Gasteiger partial charge in [-0.2, -0.15) is 28.1 Å². The average Bonchev–Trinajstić information content (AvgIpc) is 3.48. The van der Waals surface area contributed by atoms with E-state index >= 15 is 0 Å². The first kappa shape index (κ1) is 28.4. The van der Waals surface area contributed by atoms with Crippen molar-refractivity contribution < 1.29 is 27.4 Å². The van der Waals surface area contributed by atoms with Crippen molar-refractivity contribution in [3.63, 3.8) is 0 Å². The zero-order valence-corrected chi connectivity index (χ0v) is 22.7. The van der Waals surface area contributed by atoms with Gasteiger partial charge in [-0.3, -0.25) is 4.79 Å². The number of amides is 1. The van der Waals surface area contributed by atoms with Crippen LogP contribution in [-0.2, 0) is 9.53 Å². The number of hydrogen-bond donors (Lipinski definition) is 3. The zero-order chi connectivity index (χ0) is 28.0. The molecule has 2 aliphatic heterocycles. The van der Waals surface area contributed by atoms with E-state index in [1.54, 1.807) is 6.08 Å². The summed E-state index contributed by atoms with van der Waals surface area (Å²) in [7, 11) is 0. The topological polar surface area (TPSA) is 114 Å². The molecule has 1 saturated heterocycles. The third-order valence-corrected chi connectivity index (χ3v) is 7.72. The Labute approximate surface area is 232 Å². The van der Waals surface area contributed by atoms with Gasteiger partial charge < -0.3 is 30.3 Å². The van der Waals surface area contributed by atoms with Crippen molar-refractivity contribution in [1.29, 1.82) is 0 Å². The van der Waals surface area contributed by atoms with Gasteiger partial charge in [-0.25, -0.2) is 0 Å². The van der Waals surface area contributed by atoms with Crippen LogP contribution in [0, 0.1) is 5.41 Å². The Hall–Kier alpha value is -3.09. The summed E-state index contributed by atoms with van der Waals surface area (Å²) in [5.41, 5.74) is 1.48. The Kier molecular flexibility index (Phi) is 8.97. The van der Waals surface area contributed by atoms with Crippen molar-refractivity contribution >= 4 is 17.8 Å². The monoisotopic (exact) mass is 565 g/mol. The molecule has 4 aliphatic rings. The Morgan fingerprint density at radius 3 is 2.60 bits per heavy atom. The second-order valence-corrected chi connectivity index (χ2v) is 11.2. The molecule has 10 nitrogen and oxygen atoms in total. The molecule has 1 amide bonds. The summed E-state index contributed by atoms with van der Waals surface area (Å²) in [5, 5.41) is 9.29. The van der Waals surface area contributed by atoms with Gasteiger partial charge >= 0.3 is 12.2 Å². The van der Waals surface area contributed by atoms with E-state index in [1.807, 2.05) is 0 Å². The van der Waals surface area contributed by atoms with Crippen LogP contribution in [0.25, 0.3) is 0 Å². The lowest BCUT2D eigenvalue weighted by Crippen LogP contribution is -2.38. The molecule has 0 unspecified atom stereocenters. The predicted octanol–water partition coefficient (Wildman–Crippen LogP) is 4.15. The van der Waals surface area contributed by atoms with Crippen LogP contribution in [0.1, 0.15) is 64.2 Å². The number of carbonyl (C=O) groups is 1. The van der Waals surface area contributed by atoms with E-state index in [0.29, 0.717) is 49.6 Å². The lowest BCUT2D eigenvalue weighted by atomic mass is 9.99. The van der Waals surface area contributed by atoms with Crippen molar-refractivity contribution in [3.8, 4) is 6.01 Å². The number of rotatable bonds is 7. The quantitative estimate of drug-likeness (QED) is 0.449. The van der Waals surface area contributed by atoms with Gasteiger partial charge in [0.1, 0.15) is 5.76 Å². The van der Waals surface area contributed by atoms with Gasteiger partial charge in [0.2, 0.25) is 11.9 Å². The Morgan fingerprint density at radius 1 is 1.05 bits per heavy atom. The highest BCUT2D eigenvalue weighted by atomic mass is 19.4. The third-order valence-electron chi connectivity index (χ3n) is 7.72. The lowest BCUT2D eigenvalue weighted by Gasteiger charge is -2.25. The molecule has 2 fully saturated rings. The number of halogens is 3. The summed E-state index contributed by atoms with van der Waals surface area (Å²) in [4.78, 5) is 28.1. The summed E-state index contributed by atoms with van der Waals surface area (Å²) in [6, 6.07) is -0.423. The number of nitrogens with zero attached hydrogens (tertiary/aromatic N) is 4. The average molecular weight is 566 g/mol. The van der Waals surface area contributed by atoms with Crippen molar-refractivity contribution in [2.75, 3.05) is 56.6 Å². The molecule has 0 radical (unpaired) electrons. The molecule has 1 aromatic rings. The molecule has 3 N–H and O–H groups in total. The van der Waals surface area contributed by atoms with Crippen molar-refractivity contribution in [1.82, 2.24) is 25.2 Å². The van der Waals surface area contributed by atoms with Crippen LogP contribution >= 0.6 is 0 Å². The number of allylic oxidation sites excluding steroid dienone is 2. The molecule has 0 aromatic carbocycles. The molecule has 5 rings (SSSR count). The first-order valence-corrected chi connectivity index (χ1v) is 14.3. The summed E-state index contributed by atoms with van der Waals surface area (Å²) < 4.78 is 49.1. The minimum Gasteiger partial charge on any atom is -0.493 e. The van der Waals surface area contributed by atoms with Gasteiger partial charge in [0, 0.05) is 30.7 Å². The van der Waals surface area contributed by atoms with Crippen molar-refractivity contribution in [2.24, 2.45) is 5.41 Å². The van der Waals surface area contributed by atoms with Crippen LogP contribution in [0.15, 0.2) is 23.1 Å². The normalized spacial score (nSPS) is 21.6. The Morgan fingerprint density at radius 2 is 1.82 bits per heavy atom. The van der Waals surface area contributed by atoms with Gasteiger partial charge in [-0.05, 0) is 70.5 Å². The highest BCUT2D eigenvalue weighted by molar-refractivity contribution is 5.94. The largest absolute Gasteiger partial charge is 0.493 e. The van der Waals surface area contributed by atoms with E-state index in [9.17, 15) is 18.0 Å². The van der Waals surface area contributed by atoms with Crippen molar-refractivity contribution in [3.05, 3.63) is 23.1 Å². The van der Waals surface area contributed by atoms with E-state index in [-0.39, 0.29) is 23.2 Å². The number of hydrogen-bond acceptors (Lipinski definition) is 9. The number of anilines is 2. The van der Waals surface area contributed by atoms with Crippen LogP contribution in [0.5, 0.6) is 6.01 Å². The van der Waals surface area contributed by atoms with E-state index in [4.69, 9.17) is 9.47 Å². The number of likely N-dealkylation sites (tertiary alicyclic amines) is 1. The van der Waals surface area contributed by atoms with Crippen LogP contribution in [0.3, 0.4) is 0 Å². The highest BCUT2D eigenvalue weighted by Crippen LogP contribution is 2.46. The number of ether oxygens (including phenoxy) is 2. The van der Waals surface area contributed by atoms with Gasteiger partial charge in [0.05, 0.1) is 12.2 Å². The van der Waals surface area contributed by atoms with Crippen molar-refractivity contribution in [2.45, 2.75) is 70.4 Å². The fourth-order valence-corrected chi connectivity index (χ4v) is 5.32. The minimum atomic E-state index is -4.52. The van der Waals surface area contributed by atoms with Gasteiger partial charge in [0.15, 0.2) is 6.61 Å². The van der Waals surface area contributed by atoms with Gasteiger partial charge in [-0.15, -0.1) is 0 Å². The smallest absolute Gasteiger partial charge is 0.422 e. The second kappa shape index (κ2) is 12.6. The fourth-order valence-electron chi connectivity index (χ4n) is 5.32. The summed E-state index contributed by atoms with van der Waals surface area (Å²) in [5.74, 6) is 0.591. The van der Waals surface area contributed by atoms with E-state index < -0.39 is 18.8 Å². The molecule has 13 heteroatoms. The molecule has 2 aliphatic carbocycles. The molecule has 1 saturated carbocycles. The molecule has 40 heavy (non-hydrogen) atoms. The molecule has 3 heterocycles. The highest BCUT2D eigenvalue weighted by Gasteiger charge is 2.44. The maximum absolute atomic E-state index is 13.3. The first-order valence-electron chi connectivity index (χ1n) is 14.3. The zero-order valence-electron chi connectivity index (χ0n) is 22.7. The number of carbonyl (C=O) groups excluding carboxylic acids is 1. The molecular formula is C27H38F3N7O3. The third kappa shape index (κ3) is 8.21. The Bertz CT molecular complexity index is 1120. The van der Waals surface area contributed by atoms with Crippen LogP contribution < -0.4 is 20.7 Å². The fraction of sp³-hybridized carbons (Fsp3) is 0.704. The predicted molar refractivity (Wildman–Crippen MR) is 143 cm³/mol. The number of fused-ring (bicyclic) bond motifs is 3. The summed E-state index contributed by atoms with van der Waals surface area (Å²) in [6.07, 6.45) is 6.50. The number of aromatic nitrogens is 3. The maximum atomic E-state index is 13.3. The second-order valence-electron chi connectivity index (χ2n) is 11.2. The van der Waals surface area contributed by atoms with Gasteiger partial charge in [-0.1, -0.05) is 12.8 Å². The summed E-state index contributed by atoms with van der Waals surface area (Å²) in [6.45, 7) is 3.54. The van der Waals surface area contributed by atoms with E-state index in [2.05, 4.69) is 35.8 Å². The number of nitrogens with one attached hydrogen (secondary N) is 3. The van der Waals surface area contributed by atoms with Crippen LogP contribution in [0.4, 0.5) is 25.1 Å². The molecule has 220 valence electrons. The van der Waals surface area contributed by atoms with E-state index in [1.165, 1.54) is 12.8 Å². The molecular weight excluding hydrogens is 527 g/mol. The minimum absolute atomic E-state index is 0.0561. The molecule has 0 atom stereocenters. The SMILES string of the molecule is O=C(NCC1(CN2CCCC2)CC1)C1=C2C=C(CC1)Nc1nc(nc(OCC(F)(F)F)n1)NCCCCCCO2. The lowest BCUT2D eigenvalue weighted by molar-refractivity contribution is -0.154. The standard InChI is InChI=1S/C27H38F3N7O3/c28-27(29,30)18-40-25-35-23-31-11-3-1-2-6-14-39-21-15-19(33-24(34-23)36-25)7-8-20(21)22(38)32-16-26(9-10-26)17-37-12-4-5-13-37/h15H,1-14,16-18H2,(H,32,38)(H2,31,33,34,35,36). The van der Waals surface area contributed by atoms with Crippen LogP contribution in [-0.4, -0.2) is 77.9 Å². The molecule has 1 aromatic heterocycles. The van der Waals surface area contributed by atoms with Crippen LogP contribution in [0.2, 0.25) is 0 Å². The first-order chi connectivity index (χ1) is 19.3. The molecule has 0 spiro atoms.